The first-order valence-corrected chi connectivity index (χ1v) is 11.1. The molecular formula is C21H19BrClN3O3S. The van der Waals surface area contributed by atoms with Crippen LogP contribution in [0.2, 0.25) is 5.02 Å². The summed E-state index contributed by atoms with van der Waals surface area (Å²) in [4.78, 5) is 12.4. The molecule has 6 nitrogen and oxygen atoms in total. The van der Waals surface area contributed by atoms with Crippen LogP contribution in [-0.4, -0.2) is 15.7 Å². The summed E-state index contributed by atoms with van der Waals surface area (Å²) in [5.41, 5.74) is 3.35. The minimum Gasteiger partial charge on any atom is -0.484 e. The zero-order valence-electron chi connectivity index (χ0n) is 16.0. The summed E-state index contributed by atoms with van der Waals surface area (Å²) < 4.78 is 13.3. The largest absolute Gasteiger partial charge is 0.484 e. The number of hydrogen-bond acceptors (Lipinski definition) is 5. The Morgan fingerprint density at radius 3 is 2.83 bits per heavy atom. The SMILES string of the molecule is O=C(Cn1nc(COc2ccc3c(c2)CCCC3)oc1=S)Nc1ccc(Cl)c(Br)c1. The van der Waals surface area contributed by atoms with Gasteiger partial charge in [-0.1, -0.05) is 17.7 Å². The van der Waals surface area contributed by atoms with Crippen molar-refractivity contribution in [3.63, 3.8) is 0 Å². The summed E-state index contributed by atoms with van der Waals surface area (Å²) in [6.07, 6.45) is 4.67. The number of rotatable bonds is 6. The van der Waals surface area contributed by atoms with Crippen LogP contribution in [0.15, 0.2) is 45.3 Å². The van der Waals surface area contributed by atoms with E-state index < -0.39 is 0 Å². The highest BCUT2D eigenvalue weighted by Gasteiger charge is 2.13. The molecule has 1 aliphatic rings. The molecule has 0 bridgehead atoms. The Bertz CT molecular complexity index is 1140. The number of aryl methyl sites for hydroxylation is 2. The van der Waals surface area contributed by atoms with E-state index in [1.807, 2.05) is 6.07 Å². The molecule has 1 aromatic heterocycles. The Hall–Kier alpha value is -2.16. The molecule has 1 heterocycles. The zero-order chi connectivity index (χ0) is 21.1. The van der Waals surface area contributed by atoms with E-state index in [0.29, 0.717) is 21.1 Å². The Morgan fingerprint density at radius 1 is 1.23 bits per heavy atom. The van der Waals surface area contributed by atoms with Crippen molar-refractivity contribution in [1.29, 1.82) is 0 Å². The molecule has 156 valence electrons. The van der Waals surface area contributed by atoms with Crippen LogP contribution >= 0.6 is 39.7 Å². The lowest BCUT2D eigenvalue weighted by Crippen LogP contribution is -2.19. The number of hydrogen-bond donors (Lipinski definition) is 1. The van der Waals surface area contributed by atoms with Gasteiger partial charge in [0.2, 0.25) is 5.91 Å². The lowest BCUT2D eigenvalue weighted by molar-refractivity contribution is -0.117. The zero-order valence-corrected chi connectivity index (χ0v) is 19.1. The van der Waals surface area contributed by atoms with Gasteiger partial charge in [0.1, 0.15) is 12.3 Å². The Balaban J connectivity index is 1.36. The Labute approximate surface area is 192 Å². The number of amides is 1. The normalized spacial score (nSPS) is 13.0. The minimum atomic E-state index is -0.282. The summed E-state index contributed by atoms with van der Waals surface area (Å²) in [5.74, 6) is 0.813. The summed E-state index contributed by atoms with van der Waals surface area (Å²) in [7, 11) is 0. The molecule has 0 atom stereocenters. The Morgan fingerprint density at radius 2 is 2.03 bits per heavy atom. The summed E-state index contributed by atoms with van der Waals surface area (Å²) in [6.45, 7) is 0.0720. The highest BCUT2D eigenvalue weighted by atomic mass is 79.9. The summed E-state index contributed by atoms with van der Waals surface area (Å²) in [6, 6.07) is 11.3. The fraction of sp³-hybridized carbons (Fsp3) is 0.286. The second-order valence-electron chi connectivity index (χ2n) is 7.02. The van der Waals surface area contributed by atoms with E-state index in [1.54, 1.807) is 18.2 Å². The summed E-state index contributed by atoms with van der Waals surface area (Å²) in [5, 5.41) is 7.59. The predicted octanol–water partition coefficient (Wildman–Crippen LogP) is 5.72. The third kappa shape index (κ3) is 5.11. The number of nitrogens with one attached hydrogen (secondary N) is 1. The van der Waals surface area contributed by atoms with Gasteiger partial charge < -0.3 is 14.5 Å². The number of aromatic nitrogens is 2. The number of halogens is 2. The second-order valence-corrected chi connectivity index (χ2v) is 8.63. The first-order chi connectivity index (χ1) is 14.5. The van der Waals surface area contributed by atoms with Crippen molar-refractivity contribution in [3.8, 4) is 5.75 Å². The molecule has 2 aromatic carbocycles. The van der Waals surface area contributed by atoms with E-state index in [-0.39, 0.29) is 23.9 Å². The molecule has 0 saturated carbocycles. The van der Waals surface area contributed by atoms with Crippen molar-refractivity contribution < 1.29 is 13.9 Å². The molecule has 30 heavy (non-hydrogen) atoms. The fourth-order valence-electron chi connectivity index (χ4n) is 3.36. The van der Waals surface area contributed by atoms with Crippen LogP contribution in [0.4, 0.5) is 5.69 Å². The van der Waals surface area contributed by atoms with E-state index in [0.717, 1.165) is 18.6 Å². The van der Waals surface area contributed by atoms with Gasteiger partial charge in [-0.05, 0) is 95.3 Å². The Kier molecular flexibility index (Phi) is 6.55. The van der Waals surface area contributed by atoms with E-state index in [9.17, 15) is 4.79 Å². The van der Waals surface area contributed by atoms with E-state index in [4.69, 9.17) is 33.0 Å². The first-order valence-electron chi connectivity index (χ1n) is 9.54. The van der Waals surface area contributed by atoms with Gasteiger partial charge >= 0.3 is 0 Å². The average molecular weight is 509 g/mol. The molecule has 0 radical (unpaired) electrons. The van der Waals surface area contributed by atoms with Crippen molar-refractivity contribution in [2.24, 2.45) is 0 Å². The van der Waals surface area contributed by atoms with Crippen molar-refractivity contribution in [3.05, 3.63) is 67.7 Å². The number of nitrogens with zero attached hydrogens (tertiary/aromatic N) is 2. The maximum atomic E-state index is 12.3. The maximum Gasteiger partial charge on any atom is 0.287 e. The second kappa shape index (κ2) is 9.32. The highest BCUT2D eigenvalue weighted by Crippen LogP contribution is 2.26. The maximum absolute atomic E-state index is 12.3. The number of carbonyl (C=O) groups is 1. The standard InChI is InChI=1S/C21H19BrClN3O3S/c22-17-10-15(6-8-18(17)23)24-19(27)11-26-21(30)29-20(25-26)12-28-16-7-5-13-3-1-2-4-14(13)9-16/h5-10H,1-4,11-12H2,(H,24,27). The van der Waals surface area contributed by atoms with Crippen LogP contribution in [0, 0.1) is 4.84 Å². The molecule has 1 aliphatic carbocycles. The minimum absolute atomic E-state index is 0.0680. The van der Waals surface area contributed by atoms with Gasteiger partial charge in [-0.25, -0.2) is 4.68 Å². The molecule has 1 amide bonds. The van der Waals surface area contributed by atoms with Crippen LogP contribution in [0.5, 0.6) is 5.75 Å². The topological polar surface area (TPSA) is 69.3 Å². The van der Waals surface area contributed by atoms with Crippen LogP contribution in [-0.2, 0) is 30.8 Å². The molecule has 0 unspecified atom stereocenters. The van der Waals surface area contributed by atoms with Crippen LogP contribution in [0.3, 0.4) is 0 Å². The molecule has 0 saturated heterocycles. The first kappa shape index (κ1) is 21.1. The van der Waals surface area contributed by atoms with E-state index in [1.165, 1.54) is 28.7 Å². The monoisotopic (exact) mass is 507 g/mol. The molecule has 4 rings (SSSR count). The molecule has 9 heteroatoms. The van der Waals surface area contributed by atoms with E-state index >= 15 is 0 Å². The molecule has 0 spiro atoms. The van der Waals surface area contributed by atoms with Gasteiger partial charge in [0, 0.05) is 10.2 Å². The van der Waals surface area contributed by atoms with Gasteiger partial charge in [-0.15, -0.1) is 5.10 Å². The lowest BCUT2D eigenvalue weighted by Gasteiger charge is -2.16. The fourth-order valence-corrected chi connectivity index (χ4v) is 4.06. The van der Waals surface area contributed by atoms with Crippen molar-refractivity contribution in [1.82, 2.24) is 9.78 Å². The molecule has 0 aliphatic heterocycles. The number of carbonyl (C=O) groups excluding carboxylic acids is 1. The van der Waals surface area contributed by atoms with Crippen molar-refractivity contribution in [2.75, 3.05) is 5.32 Å². The molecule has 3 aromatic rings. The molecule has 1 N–H and O–H groups in total. The summed E-state index contributed by atoms with van der Waals surface area (Å²) >= 11 is 14.5. The van der Waals surface area contributed by atoms with Crippen LogP contribution in [0.25, 0.3) is 0 Å². The smallest absolute Gasteiger partial charge is 0.287 e. The van der Waals surface area contributed by atoms with Crippen molar-refractivity contribution >= 4 is 51.3 Å². The molecule has 0 fully saturated rings. The lowest BCUT2D eigenvalue weighted by atomic mass is 9.92. The van der Waals surface area contributed by atoms with Gasteiger partial charge in [0.15, 0.2) is 6.61 Å². The third-order valence-electron chi connectivity index (χ3n) is 4.83. The van der Waals surface area contributed by atoms with Gasteiger partial charge in [-0.2, -0.15) is 0 Å². The third-order valence-corrected chi connectivity index (χ3v) is 6.34. The van der Waals surface area contributed by atoms with Crippen LogP contribution < -0.4 is 10.1 Å². The number of ether oxygens (including phenoxy) is 1. The van der Waals surface area contributed by atoms with Gasteiger partial charge in [-0.3, -0.25) is 4.79 Å². The van der Waals surface area contributed by atoms with E-state index in [2.05, 4.69) is 38.5 Å². The highest BCUT2D eigenvalue weighted by molar-refractivity contribution is 9.10. The average Bonchev–Trinajstić information content (AvgIpc) is 3.08. The predicted molar refractivity (Wildman–Crippen MR) is 121 cm³/mol. The quantitative estimate of drug-likeness (QED) is 0.431. The van der Waals surface area contributed by atoms with Gasteiger partial charge in [0.25, 0.3) is 10.7 Å². The van der Waals surface area contributed by atoms with Crippen molar-refractivity contribution in [2.45, 2.75) is 38.8 Å². The molecular weight excluding hydrogens is 490 g/mol. The number of fused-ring (bicyclic) bond motifs is 1. The number of benzene rings is 2. The van der Waals surface area contributed by atoms with Gasteiger partial charge in [0.05, 0.1) is 5.02 Å². The number of anilines is 1. The van der Waals surface area contributed by atoms with Crippen LogP contribution in [0.1, 0.15) is 29.9 Å².